The van der Waals surface area contributed by atoms with E-state index in [1.165, 1.54) is 11.2 Å². The number of hydrogen-bond acceptors (Lipinski definition) is 6. The zero-order valence-corrected chi connectivity index (χ0v) is 21.6. The van der Waals surface area contributed by atoms with Crippen LogP contribution in [-0.2, 0) is 9.59 Å². The van der Waals surface area contributed by atoms with Gasteiger partial charge < -0.3 is 19.0 Å². The van der Waals surface area contributed by atoms with Gasteiger partial charge in [0.25, 0.3) is 11.7 Å². The molecule has 0 aliphatic carbocycles. The van der Waals surface area contributed by atoms with Crippen LogP contribution in [0.1, 0.15) is 43.6 Å². The van der Waals surface area contributed by atoms with Gasteiger partial charge in [0, 0.05) is 11.3 Å². The predicted octanol–water partition coefficient (Wildman–Crippen LogP) is 7.27. The predicted molar refractivity (Wildman–Crippen MR) is 148 cm³/mol. The molecule has 1 aromatic heterocycles. The summed E-state index contributed by atoms with van der Waals surface area (Å²) in [6.07, 6.45) is 4.63. The Balaban J connectivity index is 1.45. The third kappa shape index (κ3) is 5.57. The largest absolute Gasteiger partial charge is 0.507 e. The lowest BCUT2D eigenvalue weighted by molar-refractivity contribution is -0.132. The van der Waals surface area contributed by atoms with Crippen LogP contribution in [0.25, 0.3) is 5.76 Å². The molecule has 0 saturated carbocycles. The van der Waals surface area contributed by atoms with Crippen LogP contribution in [0.2, 0.25) is 0 Å². The Morgan fingerprint density at radius 2 is 1.54 bits per heavy atom. The minimum absolute atomic E-state index is 0.0452. The molecular formula is C32H29NO6. The third-order valence-electron chi connectivity index (χ3n) is 6.50. The number of ether oxygens (including phenoxy) is 2. The number of benzene rings is 3. The van der Waals surface area contributed by atoms with E-state index < -0.39 is 17.7 Å². The highest BCUT2D eigenvalue weighted by Crippen LogP contribution is 2.42. The molecule has 0 bridgehead atoms. The molecule has 1 amide bonds. The molecule has 39 heavy (non-hydrogen) atoms. The van der Waals surface area contributed by atoms with Gasteiger partial charge >= 0.3 is 0 Å². The maximum Gasteiger partial charge on any atom is 0.300 e. The fourth-order valence-corrected chi connectivity index (χ4v) is 4.52. The second kappa shape index (κ2) is 11.7. The van der Waals surface area contributed by atoms with Crippen molar-refractivity contribution in [3.63, 3.8) is 0 Å². The van der Waals surface area contributed by atoms with Crippen LogP contribution in [0.4, 0.5) is 5.69 Å². The van der Waals surface area contributed by atoms with Crippen LogP contribution < -0.4 is 14.4 Å². The summed E-state index contributed by atoms with van der Waals surface area (Å²) in [6.45, 7) is 2.74. The summed E-state index contributed by atoms with van der Waals surface area (Å²) in [6, 6.07) is 25.4. The molecule has 0 radical (unpaired) electrons. The van der Waals surface area contributed by atoms with E-state index in [0.29, 0.717) is 40.9 Å². The molecule has 7 nitrogen and oxygen atoms in total. The molecular weight excluding hydrogens is 494 g/mol. The average molecular weight is 524 g/mol. The fraction of sp³-hybridized carbons (Fsp3) is 0.188. The Labute approximate surface area is 226 Å². The highest BCUT2D eigenvalue weighted by Gasteiger charge is 2.48. The fourth-order valence-electron chi connectivity index (χ4n) is 4.52. The Kier molecular flexibility index (Phi) is 7.78. The summed E-state index contributed by atoms with van der Waals surface area (Å²) in [5.74, 6) is 0.453. The summed E-state index contributed by atoms with van der Waals surface area (Å²) in [5.41, 5.74) is 0.821. The van der Waals surface area contributed by atoms with Crippen molar-refractivity contribution in [2.45, 2.75) is 32.2 Å². The highest BCUT2D eigenvalue weighted by molar-refractivity contribution is 6.51. The summed E-state index contributed by atoms with van der Waals surface area (Å²) in [5, 5.41) is 11.3. The first-order chi connectivity index (χ1) is 19.1. The first kappa shape index (κ1) is 25.9. The number of rotatable bonds is 10. The molecule has 1 saturated heterocycles. The number of hydrogen-bond donors (Lipinski definition) is 1. The first-order valence-corrected chi connectivity index (χ1v) is 13.0. The molecule has 1 fully saturated rings. The molecule has 1 N–H and O–H groups in total. The van der Waals surface area contributed by atoms with E-state index in [4.69, 9.17) is 13.9 Å². The van der Waals surface area contributed by atoms with Gasteiger partial charge in [-0.25, -0.2) is 0 Å². The molecule has 7 heteroatoms. The summed E-state index contributed by atoms with van der Waals surface area (Å²) in [7, 11) is 0. The maximum absolute atomic E-state index is 13.3. The molecule has 1 unspecified atom stereocenters. The Hall–Kier alpha value is -4.78. The number of aliphatic hydroxyl groups excluding tert-OH is 1. The van der Waals surface area contributed by atoms with E-state index in [1.54, 1.807) is 60.7 Å². The number of aliphatic hydroxyl groups is 1. The number of ketones is 1. The number of carbonyl (C=O) groups excluding carboxylic acids is 2. The average Bonchev–Trinajstić information content (AvgIpc) is 3.59. The zero-order chi connectivity index (χ0) is 27.2. The number of anilines is 1. The summed E-state index contributed by atoms with van der Waals surface area (Å²) >= 11 is 0. The van der Waals surface area contributed by atoms with Gasteiger partial charge in [-0.2, -0.15) is 0 Å². The molecule has 3 aromatic carbocycles. The lowest BCUT2D eigenvalue weighted by Gasteiger charge is -2.23. The zero-order valence-electron chi connectivity index (χ0n) is 21.6. The maximum atomic E-state index is 13.3. The Morgan fingerprint density at radius 1 is 0.846 bits per heavy atom. The lowest BCUT2D eigenvalue weighted by atomic mass is 9.99. The lowest BCUT2D eigenvalue weighted by Crippen LogP contribution is -2.29. The Bertz CT molecular complexity index is 1440. The molecule has 0 spiro atoms. The molecule has 1 aliphatic rings. The van der Waals surface area contributed by atoms with Crippen molar-refractivity contribution in [3.05, 3.63) is 114 Å². The quantitative estimate of drug-likeness (QED) is 0.102. The standard InChI is InChI=1S/C32H29NO6/c1-2-3-7-20-37-24-16-12-22(13-17-24)30(34)28-29(27-11-8-21-38-27)33(32(36)31(28)35)23-14-18-26(19-15-23)39-25-9-5-4-6-10-25/h4-6,8-19,21,29,34H,2-3,7,20H2,1H3/b30-28-. The number of carbonyl (C=O) groups is 2. The second-order valence-corrected chi connectivity index (χ2v) is 9.17. The van der Waals surface area contributed by atoms with Gasteiger partial charge in [0.05, 0.1) is 18.4 Å². The summed E-state index contributed by atoms with van der Waals surface area (Å²) in [4.78, 5) is 27.9. The molecule has 1 aliphatic heterocycles. The van der Waals surface area contributed by atoms with Crippen molar-refractivity contribution in [3.8, 4) is 17.2 Å². The monoisotopic (exact) mass is 523 g/mol. The van der Waals surface area contributed by atoms with Crippen molar-refractivity contribution in [2.24, 2.45) is 0 Å². The van der Waals surface area contributed by atoms with Gasteiger partial charge in [-0.05, 0) is 79.2 Å². The van der Waals surface area contributed by atoms with E-state index in [9.17, 15) is 14.7 Å². The van der Waals surface area contributed by atoms with Crippen LogP contribution in [0, 0.1) is 0 Å². The molecule has 4 aromatic rings. The minimum atomic E-state index is -0.939. The van der Waals surface area contributed by atoms with Gasteiger partial charge in [0.2, 0.25) is 0 Å². The van der Waals surface area contributed by atoms with Crippen molar-refractivity contribution in [2.75, 3.05) is 11.5 Å². The van der Waals surface area contributed by atoms with Gasteiger partial charge in [-0.1, -0.05) is 38.0 Å². The van der Waals surface area contributed by atoms with Gasteiger partial charge in [0.15, 0.2) is 0 Å². The molecule has 1 atom stereocenters. The van der Waals surface area contributed by atoms with Crippen molar-refractivity contribution < 1.29 is 28.6 Å². The number of amides is 1. The van der Waals surface area contributed by atoms with Crippen LogP contribution in [-0.4, -0.2) is 23.4 Å². The molecule has 5 rings (SSSR count). The van der Waals surface area contributed by atoms with Crippen LogP contribution in [0.5, 0.6) is 17.2 Å². The number of unbranched alkanes of at least 4 members (excludes halogenated alkanes) is 2. The van der Waals surface area contributed by atoms with Gasteiger partial charge in [0.1, 0.15) is 34.8 Å². The van der Waals surface area contributed by atoms with E-state index in [1.807, 2.05) is 30.3 Å². The van der Waals surface area contributed by atoms with E-state index in [2.05, 4.69) is 6.92 Å². The number of para-hydroxylation sites is 1. The normalized spacial score (nSPS) is 16.4. The van der Waals surface area contributed by atoms with E-state index in [0.717, 1.165) is 19.3 Å². The van der Waals surface area contributed by atoms with E-state index >= 15 is 0 Å². The third-order valence-corrected chi connectivity index (χ3v) is 6.50. The smallest absolute Gasteiger partial charge is 0.300 e. The first-order valence-electron chi connectivity index (χ1n) is 13.0. The molecule has 2 heterocycles. The summed E-state index contributed by atoms with van der Waals surface area (Å²) < 4.78 is 17.2. The SMILES string of the molecule is CCCCCOc1ccc(/C(O)=C2/C(=O)C(=O)N(c3ccc(Oc4ccccc4)cc3)C2c2ccco2)cc1. The Morgan fingerprint density at radius 3 is 2.21 bits per heavy atom. The number of Topliss-reactive ketones (excluding diaryl/α,β-unsaturated/α-hetero) is 1. The minimum Gasteiger partial charge on any atom is -0.507 e. The number of furan rings is 1. The number of nitrogens with zero attached hydrogens (tertiary/aromatic N) is 1. The van der Waals surface area contributed by atoms with E-state index in [-0.39, 0.29) is 11.3 Å². The second-order valence-electron chi connectivity index (χ2n) is 9.17. The van der Waals surface area contributed by atoms with Gasteiger partial charge in [-0.15, -0.1) is 0 Å². The van der Waals surface area contributed by atoms with Crippen molar-refractivity contribution in [1.29, 1.82) is 0 Å². The topological polar surface area (TPSA) is 89.2 Å². The molecule has 198 valence electrons. The van der Waals surface area contributed by atoms with Crippen LogP contribution in [0.3, 0.4) is 0 Å². The van der Waals surface area contributed by atoms with Crippen molar-refractivity contribution >= 4 is 23.1 Å². The van der Waals surface area contributed by atoms with Crippen LogP contribution in [0.15, 0.2) is 107 Å². The van der Waals surface area contributed by atoms with Crippen LogP contribution >= 0.6 is 0 Å². The van der Waals surface area contributed by atoms with Crippen molar-refractivity contribution in [1.82, 2.24) is 0 Å². The van der Waals surface area contributed by atoms with Gasteiger partial charge in [-0.3, -0.25) is 14.5 Å². The highest BCUT2D eigenvalue weighted by atomic mass is 16.5.